The first-order valence-corrected chi connectivity index (χ1v) is 7.49. The van der Waals surface area contributed by atoms with E-state index in [0.29, 0.717) is 31.8 Å². The topological polar surface area (TPSA) is 94.7 Å². The number of para-hydroxylation sites is 1. The van der Waals surface area contributed by atoms with Crippen LogP contribution in [0.25, 0.3) is 0 Å². The van der Waals surface area contributed by atoms with Crippen molar-refractivity contribution in [2.45, 2.75) is 31.3 Å². The maximum absolute atomic E-state index is 11.7. The Bertz CT molecular complexity index is 664. The molecule has 7 heteroatoms. The van der Waals surface area contributed by atoms with Gasteiger partial charge in [0, 0.05) is 13.2 Å². The molecule has 0 spiro atoms. The van der Waals surface area contributed by atoms with E-state index in [-0.39, 0.29) is 11.7 Å². The first-order valence-electron chi connectivity index (χ1n) is 7.49. The van der Waals surface area contributed by atoms with Gasteiger partial charge in [0.25, 0.3) is 5.89 Å². The summed E-state index contributed by atoms with van der Waals surface area (Å²) >= 11 is 0. The lowest BCUT2D eigenvalue weighted by atomic mass is 9.79. The normalized spacial score (nSPS) is 18.3. The Labute approximate surface area is 133 Å². The van der Waals surface area contributed by atoms with Gasteiger partial charge in [0.15, 0.2) is 11.9 Å². The fraction of sp³-hybridized carbons (Fsp3) is 0.438. The number of aromatic nitrogens is 2. The van der Waals surface area contributed by atoms with E-state index in [1.54, 1.807) is 6.92 Å². The van der Waals surface area contributed by atoms with Gasteiger partial charge in [-0.25, -0.2) is 0 Å². The second-order valence-corrected chi connectivity index (χ2v) is 5.53. The van der Waals surface area contributed by atoms with Crippen molar-refractivity contribution in [2.75, 3.05) is 13.2 Å². The predicted octanol–water partition coefficient (Wildman–Crippen LogP) is 2.34. The van der Waals surface area contributed by atoms with Crippen LogP contribution in [0.2, 0.25) is 0 Å². The molecule has 1 fully saturated rings. The predicted molar refractivity (Wildman–Crippen MR) is 79.1 cm³/mol. The summed E-state index contributed by atoms with van der Waals surface area (Å²) in [6, 6.07) is 9.27. The van der Waals surface area contributed by atoms with Crippen LogP contribution in [-0.4, -0.2) is 34.4 Å². The van der Waals surface area contributed by atoms with Gasteiger partial charge in [0.2, 0.25) is 0 Å². The molecule has 2 heterocycles. The molecule has 23 heavy (non-hydrogen) atoms. The molecule has 1 aliphatic heterocycles. The Hall–Kier alpha value is -2.41. The Morgan fingerprint density at radius 3 is 2.65 bits per heavy atom. The number of ether oxygens (including phenoxy) is 2. The lowest BCUT2D eigenvalue weighted by molar-refractivity contribution is -0.148. The molecular weight excluding hydrogens is 300 g/mol. The first kappa shape index (κ1) is 15.5. The number of nitrogens with zero attached hydrogens (tertiary/aromatic N) is 2. The van der Waals surface area contributed by atoms with Crippen molar-refractivity contribution in [1.82, 2.24) is 10.1 Å². The van der Waals surface area contributed by atoms with Crippen molar-refractivity contribution in [3.8, 4) is 5.75 Å². The molecule has 0 radical (unpaired) electrons. The van der Waals surface area contributed by atoms with Crippen molar-refractivity contribution >= 4 is 5.97 Å². The number of rotatable bonds is 5. The van der Waals surface area contributed by atoms with E-state index < -0.39 is 17.5 Å². The number of hydrogen-bond donors (Lipinski definition) is 1. The minimum atomic E-state index is -1.15. The SMILES string of the molecule is CC(Oc1ccccc1)c1nc(C2(C(=O)O)CCOCC2)no1. The summed E-state index contributed by atoms with van der Waals surface area (Å²) in [4.78, 5) is 16.0. The van der Waals surface area contributed by atoms with Gasteiger partial charge in [-0.3, -0.25) is 4.79 Å². The molecule has 3 rings (SSSR count). The molecular formula is C16H18N2O5. The minimum Gasteiger partial charge on any atom is -0.481 e. The third-order valence-corrected chi connectivity index (χ3v) is 4.03. The molecule has 2 aromatic rings. The summed E-state index contributed by atoms with van der Waals surface area (Å²) in [6.45, 7) is 2.51. The van der Waals surface area contributed by atoms with E-state index >= 15 is 0 Å². The molecule has 1 unspecified atom stereocenters. The summed E-state index contributed by atoms with van der Waals surface area (Å²) in [6.07, 6.45) is 0.189. The number of aliphatic carboxylic acids is 1. The van der Waals surface area contributed by atoms with Gasteiger partial charge in [-0.05, 0) is 31.9 Å². The van der Waals surface area contributed by atoms with Crippen LogP contribution in [0.3, 0.4) is 0 Å². The monoisotopic (exact) mass is 318 g/mol. The fourth-order valence-corrected chi connectivity index (χ4v) is 2.60. The molecule has 1 aliphatic rings. The van der Waals surface area contributed by atoms with Crippen molar-refractivity contribution < 1.29 is 23.9 Å². The van der Waals surface area contributed by atoms with Crippen LogP contribution >= 0.6 is 0 Å². The average molecular weight is 318 g/mol. The molecule has 0 saturated carbocycles. The quantitative estimate of drug-likeness (QED) is 0.904. The van der Waals surface area contributed by atoms with Gasteiger partial charge in [0.1, 0.15) is 11.2 Å². The van der Waals surface area contributed by atoms with E-state index in [2.05, 4.69) is 10.1 Å². The zero-order chi connectivity index (χ0) is 16.3. The van der Waals surface area contributed by atoms with E-state index in [4.69, 9.17) is 14.0 Å². The minimum absolute atomic E-state index is 0.187. The Kier molecular flexibility index (Phi) is 4.29. The van der Waals surface area contributed by atoms with E-state index in [0.717, 1.165) is 0 Å². The smallest absolute Gasteiger partial charge is 0.317 e. The summed E-state index contributed by atoms with van der Waals surface area (Å²) in [7, 11) is 0. The van der Waals surface area contributed by atoms with Crippen LogP contribution in [0.1, 0.15) is 37.6 Å². The fourth-order valence-electron chi connectivity index (χ4n) is 2.60. The zero-order valence-electron chi connectivity index (χ0n) is 12.8. The molecule has 1 atom stereocenters. The molecule has 1 aromatic carbocycles. The molecule has 1 aromatic heterocycles. The summed E-state index contributed by atoms with van der Waals surface area (Å²) < 4.78 is 16.2. The van der Waals surface area contributed by atoms with Crippen molar-refractivity contribution in [2.24, 2.45) is 0 Å². The van der Waals surface area contributed by atoms with Gasteiger partial charge < -0.3 is 19.1 Å². The molecule has 0 amide bonds. The standard InChI is InChI=1S/C16H18N2O5/c1-11(22-12-5-3-2-4-6-12)13-17-14(18-23-13)16(15(19)20)7-9-21-10-8-16/h2-6,11H,7-10H2,1H3,(H,19,20). The van der Waals surface area contributed by atoms with Gasteiger partial charge in [-0.1, -0.05) is 23.4 Å². The zero-order valence-corrected chi connectivity index (χ0v) is 12.8. The highest BCUT2D eigenvalue weighted by Gasteiger charge is 2.46. The van der Waals surface area contributed by atoms with Crippen LogP contribution in [-0.2, 0) is 14.9 Å². The van der Waals surface area contributed by atoms with E-state index in [9.17, 15) is 9.90 Å². The molecule has 1 saturated heterocycles. The largest absolute Gasteiger partial charge is 0.481 e. The van der Waals surface area contributed by atoms with Crippen LogP contribution in [0.5, 0.6) is 5.75 Å². The molecule has 7 nitrogen and oxygen atoms in total. The van der Waals surface area contributed by atoms with Crippen LogP contribution in [0.4, 0.5) is 0 Å². The summed E-state index contributed by atoms with van der Waals surface area (Å²) in [5.41, 5.74) is -1.15. The Morgan fingerprint density at radius 1 is 1.30 bits per heavy atom. The van der Waals surface area contributed by atoms with Crippen molar-refractivity contribution in [3.05, 3.63) is 42.0 Å². The highest BCUT2D eigenvalue weighted by atomic mass is 16.5. The third-order valence-electron chi connectivity index (χ3n) is 4.03. The number of carboxylic acid groups (broad SMARTS) is 1. The van der Waals surface area contributed by atoms with E-state index in [1.807, 2.05) is 30.3 Å². The second-order valence-electron chi connectivity index (χ2n) is 5.53. The summed E-state index contributed by atoms with van der Waals surface area (Å²) in [5, 5.41) is 13.5. The molecule has 122 valence electrons. The lowest BCUT2D eigenvalue weighted by Gasteiger charge is -2.29. The van der Waals surface area contributed by atoms with Gasteiger partial charge >= 0.3 is 5.97 Å². The van der Waals surface area contributed by atoms with Crippen molar-refractivity contribution in [3.63, 3.8) is 0 Å². The van der Waals surface area contributed by atoms with Crippen LogP contribution < -0.4 is 4.74 Å². The van der Waals surface area contributed by atoms with E-state index in [1.165, 1.54) is 0 Å². The third kappa shape index (κ3) is 3.05. The number of carbonyl (C=O) groups is 1. The highest BCUT2D eigenvalue weighted by Crippen LogP contribution is 2.34. The molecule has 1 N–H and O–H groups in total. The number of carboxylic acids is 1. The molecule has 0 aliphatic carbocycles. The van der Waals surface area contributed by atoms with Crippen LogP contribution in [0, 0.1) is 0 Å². The van der Waals surface area contributed by atoms with Gasteiger partial charge in [0.05, 0.1) is 0 Å². The second kappa shape index (κ2) is 6.37. The maximum atomic E-state index is 11.7. The summed E-state index contributed by atoms with van der Waals surface area (Å²) in [5.74, 6) is 0.173. The maximum Gasteiger partial charge on any atom is 0.317 e. The average Bonchev–Trinajstić information content (AvgIpc) is 3.07. The van der Waals surface area contributed by atoms with Crippen LogP contribution in [0.15, 0.2) is 34.9 Å². The lowest BCUT2D eigenvalue weighted by Crippen LogP contribution is -2.42. The Morgan fingerprint density at radius 2 is 2.00 bits per heavy atom. The van der Waals surface area contributed by atoms with Gasteiger partial charge in [-0.15, -0.1) is 0 Å². The highest BCUT2D eigenvalue weighted by molar-refractivity contribution is 5.80. The first-order chi connectivity index (χ1) is 11.1. The number of benzene rings is 1. The van der Waals surface area contributed by atoms with Gasteiger partial charge in [-0.2, -0.15) is 4.98 Å². The number of hydrogen-bond acceptors (Lipinski definition) is 6. The Balaban J connectivity index is 1.80. The van der Waals surface area contributed by atoms with Crippen molar-refractivity contribution in [1.29, 1.82) is 0 Å². The molecule has 0 bridgehead atoms.